The topological polar surface area (TPSA) is 113 Å². The Hall–Kier alpha value is -2.97. The molecule has 0 unspecified atom stereocenters. The highest BCUT2D eigenvalue weighted by molar-refractivity contribution is 6.20. The first-order chi connectivity index (χ1) is 13.6. The predicted octanol–water partition coefficient (Wildman–Crippen LogP) is 2.37. The molecule has 4 rings (SSSR count). The molecule has 1 spiro atoms. The SMILES string of the molecule is CC(C)(C)N1C(=O)NC(=O)[C@@]2(Cc3cc([N+](=O)[O-])ccc3N3CCCC[C@@H]32)C1=O. The largest absolute Gasteiger partial charge is 0.367 e. The Morgan fingerprint density at radius 2 is 1.93 bits per heavy atom. The fourth-order valence-electron chi connectivity index (χ4n) is 4.97. The molecule has 3 aliphatic rings. The minimum absolute atomic E-state index is 0.0374. The number of hydrogen-bond donors (Lipinski definition) is 1. The van der Waals surface area contributed by atoms with Crippen molar-refractivity contribution in [2.75, 3.05) is 11.4 Å². The number of hydrogen-bond acceptors (Lipinski definition) is 6. The third-order valence-corrected chi connectivity index (χ3v) is 6.21. The number of amides is 4. The number of nitrogens with zero attached hydrogens (tertiary/aromatic N) is 3. The number of urea groups is 1. The summed E-state index contributed by atoms with van der Waals surface area (Å²) in [6.45, 7) is 5.89. The fraction of sp³-hybridized carbons (Fsp3) is 0.550. The summed E-state index contributed by atoms with van der Waals surface area (Å²) in [5, 5.41) is 13.7. The Kier molecular flexibility index (Phi) is 4.18. The third-order valence-electron chi connectivity index (χ3n) is 6.21. The molecule has 3 aliphatic heterocycles. The lowest BCUT2D eigenvalue weighted by molar-refractivity contribution is -0.384. The van der Waals surface area contributed by atoms with Crippen molar-refractivity contribution in [3.05, 3.63) is 33.9 Å². The Balaban J connectivity index is 1.90. The zero-order chi connectivity index (χ0) is 21.1. The van der Waals surface area contributed by atoms with Crippen molar-refractivity contribution in [2.45, 2.75) is 58.0 Å². The first kappa shape index (κ1) is 19.4. The molecule has 154 valence electrons. The number of benzene rings is 1. The smallest absolute Gasteiger partial charge is 0.331 e. The van der Waals surface area contributed by atoms with Gasteiger partial charge >= 0.3 is 6.03 Å². The number of carbonyl (C=O) groups excluding carboxylic acids is 3. The second-order valence-electron chi connectivity index (χ2n) is 8.99. The predicted molar refractivity (Wildman–Crippen MR) is 104 cm³/mol. The van der Waals surface area contributed by atoms with Crippen molar-refractivity contribution >= 4 is 29.2 Å². The lowest BCUT2D eigenvalue weighted by Crippen LogP contribution is -2.74. The standard InChI is InChI=1S/C20H24N4O5/c1-19(2,3)23-17(26)20(16(25)21-18(23)27)11-12-10-13(24(28)29)7-8-14(12)22-9-5-4-6-15(20)22/h7-8,10,15H,4-6,9,11H2,1-3H3,(H,21,25,27)/t15-,20+/m1/s1. The summed E-state index contributed by atoms with van der Waals surface area (Å²) in [6, 6.07) is 3.49. The second kappa shape index (κ2) is 6.27. The maximum atomic E-state index is 13.7. The van der Waals surface area contributed by atoms with Crippen molar-refractivity contribution in [1.29, 1.82) is 0 Å². The van der Waals surface area contributed by atoms with Gasteiger partial charge in [0.05, 0.1) is 11.0 Å². The van der Waals surface area contributed by atoms with Crippen LogP contribution in [0.5, 0.6) is 0 Å². The molecule has 1 N–H and O–H groups in total. The van der Waals surface area contributed by atoms with Crippen LogP contribution in [0.3, 0.4) is 0 Å². The van der Waals surface area contributed by atoms with Gasteiger partial charge in [-0.15, -0.1) is 0 Å². The average Bonchev–Trinajstić information content (AvgIpc) is 2.64. The van der Waals surface area contributed by atoms with Crippen LogP contribution in [0.25, 0.3) is 0 Å². The Labute approximate surface area is 168 Å². The molecule has 0 bridgehead atoms. The zero-order valence-corrected chi connectivity index (χ0v) is 16.7. The summed E-state index contributed by atoms with van der Waals surface area (Å²) in [7, 11) is 0. The van der Waals surface area contributed by atoms with Crippen LogP contribution in [-0.4, -0.2) is 45.8 Å². The van der Waals surface area contributed by atoms with Crippen molar-refractivity contribution in [3.63, 3.8) is 0 Å². The number of fused-ring (bicyclic) bond motifs is 4. The van der Waals surface area contributed by atoms with Gasteiger partial charge in [0.15, 0.2) is 5.41 Å². The third kappa shape index (κ3) is 2.71. The number of nitro benzene ring substituents is 1. The summed E-state index contributed by atoms with van der Waals surface area (Å²) in [4.78, 5) is 53.4. The maximum Gasteiger partial charge on any atom is 0.331 e. The molecule has 2 atom stereocenters. The number of nitro groups is 1. The Bertz CT molecular complexity index is 937. The van der Waals surface area contributed by atoms with Gasteiger partial charge in [-0.2, -0.15) is 0 Å². The van der Waals surface area contributed by atoms with E-state index in [0.717, 1.165) is 23.4 Å². The monoisotopic (exact) mass is 400 g/mol. The summed E-state index contributed by atoms with van der Waals surface area (Å²) in [6.07, 6.45) is 2.45. The van der Waals surface area contributed by atoms with E-state index in [0.29, 0.717) is 18.5 Å². The summed E-state index contributed by atoms with van der Waals surface area (Å²) in [5.41, 5.74) is -0.960. The van der Waals surface area contributed by atoms with Gasteiger partial charge in [-0.25, -0.2) is 4.79 Å². The Morgan fingerprint density at radius 3 is 2.59 bits per heavy atom. The molecular weight excluding hydrogens is 376 g/mol. The quantitative estimate of drug-likeness (QED) is 0.440. The summed E-state index contributed by atoms with van der Waals surface area (Å²) in [5.74, 6) is -1.13. The van der Waals surface area contributed by atoms with E-state index in [1.165, 1.54) is 12.1 Å². The number of anilines is 1. The molecule has 0 radical (unpaired) electrons. The van der Waals surface area contributed by atoms with E-state index in [-0.39, 0.29) is 12.1 Å². The maximum absolute atomic E-state index is 13.7. The molecule has 29 heavy (non-hydrogen) atoms. The first-order valence-electron chi connectivity index (χ1n) is 9.81. The lowest BCUT2D eigenvalue weighted by atomic mass is 9.65. The number of imide groups is 2. The molecule has 9 heteroatoms. The number of piperidine rings is 1. The molecular formula is C20H24N4O5. The van der Waals surface area contributed by atoms with Crippen molar-refractivity contribution in [2.24, 2.45) is 5.41 Å². The van der Waals surface area contributed by atoms with Gasteiger partial charge in [0.25, 0.3) is 5.69 Å². The van der Waals surface area contributed by atoms with Gasteiger partial charge in [-0.1, -0.05) is 0 Å². The van der Waals surface area contributed by atoms with E-state index >= 15 is 0 Å². The summed E-state index contributed by atoms with van der Waals surface area (Å²) < 4.78 is 0. The van der Waals surface area contributed by atoms with E-state index in [1.807, 2.05) is 4.90 Å². The van der Waals surface area contributed by atoms with Gasteiger partial charge < -0.3 is 4.90 Å². The average molecular weight is 400 g/mol. The van der Waals surface area contributed by atoms with Crippen molar-refractivity contribution in [1.82, 2.24) is 10.2 Å². The van der Waals surface area contributed by atoms with Crippen LogP contribution in [-0.2, 0) is 16.0 Å². The van der Waals surface area contributed by atoms with Gasteiger partial charge in [0.2, 0.25) is 11.8 Å². The van der Waals surface area contributed by atoms with Gasteiger partial charge in [0, 0.05) is 36.3 Å². The fourth-order valence-corrected chi connectivity index (χ4v) is 4.97. The molecule has 1 aromatic rings. The van der Waals surface area contributed by atoms with Gasteiger partial charge in [-0.05, 0) is 51.7 Å². The highest BCUT2D eigenvalue weighted by Gasteiger charge is 2.63. The first-order valence-corrected chi connectivity index (χ1v) is 9.81. The molecule has 9 nitrogen and oxygen atoms in total. The lowest BCUT2D eigenvalue weighted by Gasteiger charge is -2.55. The van der Waals surface area contributed by atoms with Gasteiger partial charge in [-0.3, -0.25) is 29.9 Å². The number of non-ortho nitro benzene ring substituents is 1. The molecule has 2 fully saturated rings. The number of rotatable bonds is 1. The van der Waals surface area contributed by atoms with E-state index in [1.54, 1.807) is 26.8 Å². The van der Waals surface area contributed by atoms with E-state index in [2.05, 4.69) is 5.32 Å². The molecule has 4 amide bonds. The number of barbiturate groups is 1. The molecule has 0 aliphatic carbocycles. The normalized spacial score (nSPS) is 26.9. The van der Waals surface area contributed by atoms with E-state index in [9.17, 15) is 24.5 Å². The zero-order valence-electron chi connectivity index (χ0n) is 16.7. The molecule has 2 saturated heterocycles. The highest BCUT2D eigenvalue weighted by atomic mass is 16.6. The minimum atomic E-state index is -1.48. The van der Waals surface area contributed by atoms with Crippen molar-refractivity contribution < 1.29 is 19.3 Å². The van der Waals surface area contributed by atoms with E-state index in [4.69, 9.17) is 0 Å². The van der Waals surface area contributed by atoms with Crippen LogP contribution < -0.4 is 10.2 Å². The Morgan fingerprint density at radius 1 is 1.21 bits per heavy atom. The minimum Gasteiger partial charge on any atom is -0.367 e. The molecule has 0 saturated carbocycles. The van der Waals surface area contributed by atoms with Crippen LogP contribution in [0.15, 0.2) is 18.2 Å². The number of nitrogens with one attached hydrogen (secondary N) is 1. The van der Waals surface area contributed by atoms with Crippen molar-refractivity contribution in [3.8, 4) is 0 Å². The van der Waals surface area contributed by atoms with Crippen LogP contribution in [0.2, 0.25) is 0 Å². The van der Waals surface area contributed by atoms with Gasteiger partial charge in [0.1, 0.15) is 0 Å². The summed E-state index contributed by atoms with van der Waals surface area (Å²) >= 11 is 0. The van der Waals surface area contributed by atoms with Crippen LogP contribution >= 0.6 is 0 Å². The van der Waals surface area contributed by atoms with Crippen LogP contribution in [0, 0.1) is 15.5 Å². The molecule has 1 aromatic carbocycles. The van der Waals surface area contributed by atoms with Crippen LogP contribution in [0.4, 0.5) is 16.2 Å². The second-order valence-corrected chi connectivity index (χ2v) is 8.99. The molecule has 0 aromatic heterocycles. The molecule has 3 heterocycles. The van der Waals surface area contributed by atoms with E-state index < -0.39 is 39.8 Å². The van der Waals surface area contributed by atoms with Crippen LogP contribution in [0.1, 0.15) is 45.6 Å². The number of carbonyl (C=O) groups is 3. The highest BCUT2D eigenvalue weighted by Crippen LogP contribution is 2.48.